The van der Waals surface area contributed by atoms with Gasteiger partial charge in [0.05, 0.1) is 12.7 Å². The van der Waals surface area contributed by atoms with Crippen molar-refractivity contribution in [1.82, 2.24) is 5.32 Å². The molecule has 0 saturated heterocycles. The van der Waals surface area contributed by atoms with Crippen LogP contribution in [-0.2, 0) is 4.74 Å². The molecular formula is C12H25NO. The molecular weight excluding hydrogens is 174 g/mol. The molecule has 0 radical (unpaired) electrons. The smallest absolute Gasteiger partial charge is 0.0594 e. The molecule has 0 spiro atoms. The summed E-state index contributed by atoms with van der Waals surface area (Å²) in [6, 6.07) is 0. The standard InChI is InChI=1S/C12H25NO/c1-12(2,3)7-8-13-9-10-14-11-5-4-6-11/h11,13H,4-10H2,1-3H3. The number of hydrogen-bond acceptors (Lipinski definition) is 2. The van der Waals surface area contributed by atoms with Gasteiger partial charge >= 0.3 is 0 Å². The number of ether oxygens (including phenoxy) is 1. The molecule has 0 aliphatic heterocycles. The third kappa shape index (κ3) is 5.61. The third-order valence-electron chi connectivity index (χ3n) is 2.74. The van der Waals surface area contributed by atoms with E-state index in [1.165, 1.54) is 25.7 Å². The lowest BCUT2D eigenvalue weighted by atomic mass is 9.92. The highest BCUT2D eigenvalue weighted by Crippen LogP contribution is 2.21. The fourth-order valence-electron chi connectivity index (χ4n) is 1.42. The van der Waals surface area contributed by atoms with Crippen LogP contribution in [0.5, 0.6) is 0 Å². The monoisotopic (exact) mass is 199 g/mol. The van der Waals surface area contributed by atoms with E-state index in [1.807, 2.05) is 0 Å². The van der Waals surface area contributed by atoms with Crippen molar-refractivity contribution in [2.45, 2.75) is 52.6 Å². The molecule has 14 heavy (non-hydrogen) atoms. The minimum atomic E-state index is 0.446. The number of rotatable bonds is 6. The zero-order valence-electron chi connectivity index (χ0n) is 9.94. The fourth-order valence-corrected chi connectivity index (χ4v) is 1.42. The summed E-state index contributed by atoms with van der Waals surface area (Å²) >= 11 is 0. The lowest BCUT2D eigenvalue weighted by Crippen LogP contribution is -2.28. The van der Waals surface area contributed by atoms with Crippen LogP contribution >= 0.6 is 0 Å². The zero-order chi connectivity index (χ0) is 10.4. The van der Waals surface area contributed by atoms with Gasteiger partial charge in [0.1, 0.15) is 0 Å². The average Bonchev–Trinajstić information content (AvgIpc) is 1.97. The molecule has 0 unspecified atom stereocenters. The van der Waals surface area contributed by atoms with Gasteiger partial charge < -0.3 is 10.1 Å². The molecule has 1 saturated carbocycles. The summed E-state index contributed by atoms with van der Waals surface area (Å²) in [7, 11) is 0. The summed E-state index contributed by atoms with van der Waals surface area (Å²) in [5.41, 5.74) is 0.446. The Balaban J connectivity index is 1.80. The van der Waals surface area contributed by atoms with Gasteiger partial charge in [0.2, 0.25) is 0 Å². The maximum absolute atomic E-state index is 5.65. The van der Waals surface area contributed by atoms with Crippen molar-refractivity contribution in [3.63, 3.8) is 0 Å². The lowest BCUT2D eigenvalue weighted by Gasteiger charge is -2.25. The number of hydrogen-bond donors (Lipinski definition) is 1. The Morgan fingerprint density at radius 2 is 1.93 bits per heavy atom. The minimum absolute atomic E-state index is 0.446. The van der Waals surface area contributed by atoms with E-state index in [0.29, 0.717) is 11.5 Å². The van der Waals surface area contributed by atoms with E-state index in [2.05, 4.69) is 26.1 Å². The van der Waals surface area contributed by atoms with Crippen molar-refractivity contribution < 1.29 is 4.74 Å². The van der Waals surface area contributed by atoms with E-state index < -0.39 is 0 Å². The molecule has 2 heteroatoms. The summed E-state index contributed by atoms with van der Waals surface area (Å²) in [4.78, 5) is 0. The van der Waals surface area contributed by atoms with E-state index in [0.717, 1.165) is 19.7 Å². The normalized spacial score (nSPS) is 18.2. The van der Waals surface area contributed by atoms with Gasteiger partial charge in [-0.1, -0.05) is 20.8 Å². The van der Waals surface area contributed by atoms with Crippen LogP contribution < -0.4 is 5.32 Å². The van der Waals surface area contributed by atoms with E-state index in [9.17, 15) is 0 Å². The predicted molar refractivity (Wildman–Crippen MR) is 60.5 cm³/mol. The number of nitrogens with one attached hydrogen (secondary N) is 1. The molecule has 0 heterocycles. The lowest BCUT2D eigenvalue weighted by molar-refractivity contribution is 0.00418. The maximum atomic E-state index is 5.65. The van der Waals surface area contributed by atoms with Crippen molar-refractivity contribution >= 4 is 0 Å². The van der Waals surface area contributed by atoms with Gasteiger partial charge in [-0.25, -0.2) is 0 Å². The molecule has 0 bridgehead atoms. The van der Waals surface area contributed by atoms with Crippen LogP contribution in [0.3, 0.4) is 0 Å². The van der Waals surface area contributed by atoms with Crippen LogP contribution in [0.25, 0.3) is 0 Å². The average molecular weight is 199 g/mol. The van der Waals surface area contributed by atoms with E-state index in [1.54, 1.807) is 0 Å². The van der Waals surface area contributed by atoms with Gasteiger partial charge in [-0.15, -0.1) is 0 Å². The molecule has 84 valence electrons. The van der Waals surface area contributed by atoms with Crippen LogP contribution in [0.4, 0.5) is 0 Å². The molecule has 0 aromatic rings. The summed E-state index contributed by atoms with van der Waals surface area (Å²) in [6.45, 7) is 9.83. The second kappa shape index (κ2) is 5.72. The van der Waals surface area contributed by atoms with E-state index in [-0.39, 0.29) is 0 Å². The predicted octanol–water partition coefficient (Wildman–Crippen LogP) is 2.58. The van der Waals surface area contributed by atoms with Gasteiger partial charge in [-0.05, 0) is 37.6 Å². The molecule has 0 amide bonds. The van der Waals surface area contributed by atoms with E-state index >= 15 is 0 Å². The summed E-state index contributed by atoms with van der Waals surface area (Å²) in [5.74, 6) is 0. The highest BCUT2D eigenvalue weighted by atomic mass is 16.5. The van der Waals surface area contributed by atoms with Gasteiger partial charge in [-0.3, -0.25) is 0 Å². The molecule has 0 aromatic heterocycles. The Morgan fingerprint density at radius 1 is 1.21 bits per heavy atom. The molecule has 0 aromatic carbocycles. The van der Waals surface area contributed by atoms with Crippen molar-refractivity contribution in [2.24, 2.45) is 5.41 Å². The molecule has 0 atom stereocenters. The largest absolute Gasteiger partial charge is 0.377 e. The summed E-state index contributed by atoms with van der Waals surface area (Å²) in [6.07, 6.45) is 5.74. The zero-order valence-corrected chi connectivity index (χ0v) is 9.94. The van der Waals surface area contributed by atoms with Crippen LogP contribution in [0.15, 0.2) is 0 Å². The topological polar surface area (TPSA) is 21.3 Å². The Kier molecular flexibility index (Phi) is 4.90. The maximum Gasteiger partial charge on any atom is 0.0594 e. The Labute approximate surface area is 88.4 Å². The van der Waals surface area contributed by atoms with Crippen LogP contribution in [0.1, 0.15) is 46.5 Å². The first-order chi connectivity index (χ1) is 6.58. The second-order valence-corrected chi connectivity index (χ2v) is 5.48. The van der Waals surface area contributed by atoms with Gasteiger partial charge in [0.15, 0.2) is 0 Å². The van der Waals surface area contributed by atoms with Gasteiger partial charge in [0, 0.05) is 6.54 Å². The molecule has 1 aliphatic rings. The first kappa shape index (κ1) is 12.0. The highest BCUT2D eigenvalue weighted by Gasteiger charge is 2.17. The van der Waals surface area contributed by atoms with Crippen LogP contribution in [-0.4, -0.2) is 25.8 Å². The van der Waals surface area contributed by atoms with Gasteiger partial charge in [0.25, 0.3) is 0 Å². The summed E-state index contributed by atoms with van der Waals surface area (Å²) < 4.78 is 5.65. The van der Waals surface area contributed by atoms with E-state index in [4.69, 9.17) is 4.74 Å². The van der Waals surface area contributed by atoms with Gasteiger partial charge in [-0.2, -0.15) is 0 Å². The third-order valence-corrected chi connectivity index (χ3v) is 2.74. The van der Waals surface area contributed by atoms with Crippen LogP contribution in [0, 0.1) is 5.41 Å². The Morgan fingerprint density at radius 3 is 2.43 bits per heavy atom. The van der Waals surface area contributed by atoms with Crippen molar-refractivity contribution in [3.05, 3.63) is 0 Å². The quantitative estimate of drug-likeness (QED) is 0.664. The Bertz CT molecular complexity index is 147. The minimum Gasteiger partial charge on any atom is -0.377 e. The summed E-state index contributed by atoms with van der Waals surface area (Å²) in [5, 5.41) is 3.42. The molecule has 2 nitrogen and oxygen atoms in total. The molecule has 1 N–H and O–H groups in total. The second-order valence-electron chi connectivity index (χ2n) is 5.48. The fraction of sp³-hybridized carbons (Fsp3) is 1.00. The van der Waals surface area contributed by atoms with Crippen molar-refractivity contribution in [2.75, 3.05) is 19.7 Å². The molecule has 1 fully saturated rings. The molecule has 1 aliphatic carbocycles. The first-order valence-electron chi connectivity index (χ1n) is 5.90. The SMILES string of the molecule is CC(C)(C)CCNCCOC1CCC1. The molecule has 1 rings (SSSR count). The van der Waals surface area contributed by atoms with Crippen LogP contribution in [0.2, 0.25) is 0 Å². The Hall–Kier alpha value is -0.0800. The first-order valence-corrected chi connectivity index (χ1v) is 5.90. The van der Waals surface area contributed by atoms with Crippen molar-refractivity contribution in [1.29, 1.82) is 0 Å². The highest BCUT2D eigenvalue weighted by molar-refractivity contribution is 4.69. The van der Waals surface area contributed by atoms with Crippen molar-refractivity contribution in [3.8, 4) is 0 Å².